The van der Waals surface area contributed by atoms with Crippen molar-refractivity contribution in [3.8, 4) is 0 Å². The molecule has 2 nitrogen and oxygen atoms in total. The molecule has 0 aliphatic rings. The zero-order valence-electron chi connectivity index (χ0n) is 14.2. The second-order valence-electron chi connectivity index (χ2n) is 5.91. The molecule has 3 rings (SSSR count). The molecule has 0 heterocycles. The highest BCUT2D eigenvalue weighted by molar-refractivity contribution is 5.23. The van der Waals surface area contributed by atoms with Gasteiger partial charge in [-0.05, 0) is 30.0 Å². The molecular formula is C22H26N2. The van der Waals surface area contributed by atoms with E-state index in [2.05, 4.69) is 24.3 Å². The number of benzene rings is 3. The minimum atomic E-state index is 0.0913. The molecule has 2 heteroatoms. The second-order valence-corrected chi connectivity index (χ2v) is 5.91. The SMILES string of the molecule is CC(N)c1ccccc1.NC(Cc1ccccc1)c1ccccc1. The van der Waals surface area contributed by atoms with Crippen LogP contribution in [0.15, 0.2) is 91.0 Å². The quantitative estimate of drug-likeness (QED) is 0.736. The summed E-state index contributed by atoms with van der Waals surface area (Å²) in [7, 11) is 0. The summed E-state index contributed by atoms with van der Waals surface area (Å²) < 4.78 is 0. The van der Waals surface area contributed by atoms with E-state index in [-0.39, 0.29) is 12.1 Å². The van der Waals surface area contributed by atoms with Gasteiger partial charge in [0, 0.05) is 12.1 Å². The fourth-order valence-corrected chi connectivity index (χ4v) is 2.44. The third-order valence-electron chi connectivity index (χ3n) is 3.85. The molecule has 0 spiro atoms. The molecule has 3 aromatic carbocycles. The van der Waals surface area contributed by atoms with Crippen LogP contribution in [0.4, 0.5) is 0 Å². The second kappa shape index (κ2) is 9.66. The normalized spacial score (nSPS) is 12.6. The van der Waals surface area contributed by atoms with Crippen LogP contribution >= 0.6 is 0 Å². The molecule has 0 bridgehead atoms. The summed E-state index contributed by atoms with van der Waals surface area (Å²) in [6.45, 7) is 1.98. The average Bonchev–Trinajstić information content (AvgIpc) is 2.64. The van der Waals surface area contributed by atoms with E-state index in [0.29, 0.717) is 0 Å². The molecule has 0 saturated heterocycles. The molecule has 124 valence electrons. The molecule has 0 aromatic heterocycles. The maximum absolute atomic E-state index is 6.13. The molecule has 0 aliphatic carbocycles. The van der Waals surface area contributed by atoms with Crippen molar-refractivity contribution in [3.63, 3.8) is 0 Å². The van der Waals surface area contributed by atoms with Crippen LogP contribution in [0.1, 0.15) is 35.7 Å². The minimum absolute atomic E-state index is 0.0913. The number of rotatable bonds is 4. The first-order valence-electron chi connectivity index (χ1n) is 8.32. The first-order valence-corrected chi connectivity index (χ1v) is 8.32. The average molecular weight is 318 g/mol. The molecule has 24 heavy (non-hydrogen) atoms. The zero-order chi connectivity index (χ0) is 17.2. The molecular weight excluding hydrogens is 292 g/mol. The van der Waals surface area contributed by atoms with E-state index in [1.54, 1.807) is 0 Å². The molecule has 0 fully saturated rings. The van der Waals surface area contributed by atoms with Crippen molar-refractivity contribution >= 4 is 0 Å². The van der Waals surface area contributed by atoms with Crippen LogP contribution < -0.4 is 11.5 Å². The van der Waals surface area contributed by atoms with Gasteiger partial charge in [-0.1, -0.05) is 91.0 Å². The molecule has 0 radical (unpaired) electrons. The van der Waals surface area contributed by atoms with Crippen molar-refractivity contribution in [2.75, 3.05) is 0 Å². The van der Waals surface area contributed by atoms with E-state index in [4.69, 9.17) is 11.5 Å². The van der Waals surface area contributed by atoms with Gasteiger partial charge in [-0.15, -0.1) is 0 Å². The number of hydrogen-bond acceptors (Lipinski definition) is 2. The van der Waals surface area contributed by atoms with Crippen molar-refractivity contribution in [1.29, 1.82) is 0 Å². The van der Waals surface area contributed by atoms with Crippen LogP contribution in [0.3, 0.4) is 0 Å². The Bertz CT molecular complexity index is 679. The maximum atomic E-state index is 6.13. The van der Waals surface area contributed by atoms with Crippen LogP contribution in [0.5, 0.6) is 0 Å². The third-order valence-corrected chi connectivity index (χ3v) is 3.85. The predicted octanol–water partition coefficient (Wildman–Crippen LogP) is 4.64. The van der Waals surface area contributed by atoms with Gasteiger partial charge in [0.2, 0.25) is 0 Å². The topological polar surface area (TPSA) is 52.0 Å². The van der Waals surface area contributed by atoms with Gasteiger partial charge in [0.05, 0.1) is 0 Å². The lowest BCUT2D eigenvalue weighted by Crippen LogP contribution is -2.12. The zero-order valence-corrected chi connectivity index (χ0v) is 14.2. The highest BCUT2D eigenvalue weighted by atomic mass is 14.6. The van der Waals surface area contributed by atoms with Gasteiger partial charge in [0.25, 0.3) is 0 Å². The largest absolute Gasteiger partial charge is 0.324 e. The Morgan fingerprint density at radius 3 is 1.46 bits per heavy atom. The van der Waals surface area contributed by atoms with Gasteiger partial charge in [-0.2, -0.15) is 0 Å². The third kappa shape index (κ3) is 5.99. The highest BCUT2D eigenvalue weighted by Crippen LogP contribution is 2.15. The van der Waals surface area contributed by atoms with E-state index in [9.17, 15) is 0 Å². The minimum Gasteiger partial charge on any atom is -0.324 e. The van der Waals surface area contributed by atoms with Gasteiger partial charge in [-0.3, -0.25) is 0 Å². The summed E-state index contributed by atoms with van der Waals surface area (Å²) in [6, 6.07) is 30.9. The van der Waals surface area contributed by atoms with E-state index in [0.717, 1.165) is 6.42 Å². The van der Waals surface area contributed by atoms with Crippen LogP contribution in [0.25, 0.3) is 0 Å². The lowest BCUT2D eigenvalue weighted by atomic mass is 10.00. The van der Waals surface area contributed by atoms with Gasteiger partial charge in [0.15, 0.2) is 0 Å². The Labute approximate surface area is 145 Å². The van der Waals surface area contributed by atoms with E-state index in [1.165, 1.54) is 16.7 Å². The molecule has 3 aromatic rings. The lowest BCUT2D eigenvalue weighted by molar-refractivity contribution is 0.722. The summed E-state index contributed by atoms with van der Waals surface area (Å²) in [6.07, 6.45) is 0.894. The van der Waals surface area contributed by atoms with Crippen molar-refractivity contribution in [3.05, 3.63) is 108 Å². The Hall–Kier alpha value is -2.42. The van der Waals surface area contributed by atoms with Crippen LogP contribution in [0.2, 0.25) is 0 Å². The fraction of sp³-hybridized carbons (Fsp3) is 0.182. The van der Waals surface area contributed by atoms with E-state index in [1.807, 2.05) is 73.7 Å². The summed E-state index contributed by atoms with van der Waals surface area (Å²) >= 11 is 0. The van der Waals surface area contributed by atoms with Crippen molar-refractivity contribution < 1.29 is 0 Å². The van der Waals surface area contributed by atoms with Gasteiger partial charge >= 0.3 is 0 Å². The van der Waals surface area contributed by atoms with Gasteiger partial charge < -0.3 is 11.5 Å². The van der Waals surface area contributed by atoms with Crippen LogP contribution in [0, 0.1) is 0 Å². The lowest BCUT2D eigenvalue weighted by Gasteiger charge is -2.11. The van der Waals surface area contributed by atoms with E-state index < -0.39 is 0 Å². The number of nitrogens with two attached hydrogens (primary N) is 2. The fourth-order valence-electron chi connectivity index (χ4n) is 2.44. The van der Waals surface area contributed by atoms with Crippen LogP contribution in [-0.2, 0) is 6.42 Å². The van der Waals surface area contributed by atoms with Gasteiger partial charge in [0.1, 0.15) is 0 Å². The number of hydrogen-bond donors (Lipinski definition) is 2. The van der Waals surface area contributed by atoms with Crippen molar-refractivity contribution in [2.45, 2.75) is 25.4 Å². The maximum Gasteiger partial charge on any atom is 0.0335 e. The smallest absolute Gasteiger partial charge is 0.0335 e. The highest BCUT2D eigenvalue weighted by Gasteiger charge is 2.05. The molecule has 2 atom stereocenters. The van der Waals surface area contributed by atoms with Crippen molar-refractivity contribution in [2.24, 2.45) is 11.5 Å². The first-order chi connectivity index (χ1) is 11.7. The summed E-state index contributed by atoms with van der Waals surface area (Å²) in [5.74, 6) is 0. The monoisotopic (exact) mass is 318 g/mol. The molecule has 0 saturated carbocycles. The Kier molecular flexibility index (Phi) is 7.21. The summed E-state index contributed by atoms with van der Waals surface area (Å²) in [5, 5.41) is 0. The Morgan fingerprint density at radius 2 is 1.04 bits per heavy atom. The van der Waals surface area contributed by atoms with E-state index >= 15 is 0 Å². The van der Waals surface area contributed by atoms with Crippen LogP contribution in [-0.4, -0.2) is 0 Å². The van der Waals surface area contributed by atoms with Crippen molar-refractivity contribution in [1.82, 2.24) is 0 Å². The standard InChI is InChI=1S/C14H15N.C8H11N/c15-14(13-9-5-2-6-10-13)11-12-7-3-1-4-8-12;1-7(9)8-5-3-2-4-6-8/h1-10,14H,11,15H2;2-7H,9H2,1H3. The van der Waals surface area contributed by atoms with Gasteiger partial charge in [-0.25, -0.2) is 0 Å². The Balaban J connectivity index is 0.000000198. The molecule has 0 aliphatic heterocycles. The molecule has 4 N–H and O–H groups in total. The first kappa shape index (κ1) is 17.9. The Morgan fingerprint density at radius 1 is 0.625 bits per heavy atom. The summed E-state index contributed by atoms with van der Waals surface area (Å²) in [5.41, 5.74) is 15.4. The predicted molar refractivity (Wildman–Crippen MR) is 103 cm³/mol. The summed E-state index contributed by atoms with van der Waals surface area (Å²) in [4.78, 5) is 0. The molecule has 2 unspecified atom stereocenters. The molecule has 0 amide bonds.